The number of carbonyl (C=O) groups is 1. The van der Waals surface area contributed by atoms with E-state index in [0.29, 0.717) is 0 Å². The minimum absolute atomic E-state index is 0.491. The van der Waals surface area contributed by atoms with E-state index in [1.807, 2.05) is 27.7 Å². The zero-order valence-corrected chi connectivity index (χ0v) is 8.98. The fourth-order valence-electron chi connectivity index (χ4n) is 0.987. The molecule has 0 saturated carbocycles. The predicted molar refractivity (Wildman–Crippen MR) is 52.3 cm³/mol. The van der Waals surface area contributed by atoms with Crippen molar-refractivity contribution < 1.29 is 9.90 Å². The quantitative estimate of drug-likeness (QED) is 0.710. The molecule has 0 heterocycles. The van der Waals surface area contributed by atoms with Crippen LogP contribution in [0.15, 0.2) is 0 Å². The molecule has 0 aliphatic carbocycles. The van der Waals surface area contributed by atoms with Crippen molar-refractivity contribution >= 4 is 5.97 Å². The third kappa shape index (κ3) is 4.37. The van der Waals surface area contributed by atoms with Gasteiger partial charge >= 0.3 is 5.97 Å². The Morgan fingerprint density at radius 1 is 1.33 bits per heavy atom. The third-order valence-corrected chi connectivity index (χ3v) is 2.10. The highest BCUT2D eigenvalue weighted by atomic mass is 16.4. The van der Waals surface area contributed by atoms with Crippen LogP contribution in [-0.2, 0) is 4.79 Å². The molecule has 0 fully saturated rings. The van der Waals surface area contributed by atoms with Crippen LogP contribution < -0.4 is 0 Å². The first-order chi connectivity index (χ1) is 5.56. The van der Waals surface area contributed by atoms with E-state index >= 15 is 0 Å². The molecule has 0 amide bonds. The maximum atomic E-state index is 10.6. The van der Waals surface area contributed by atoms with Gasteiger partial charge in [0.2, 0.25) is 0 Å². The Labute approximate surface area is 76.0 Å². The normalized spacial score (nSPS) is 14.1. The Kier molecular flexibility index (Phi) is 8.34. The van der Waals surface area contributed by atoms with E-state index in [9.17, 15) is 4.79 Å². The summed E-state index contributed by atoms with van der Waals surface area (Å²) in [7, 11) is 0. The summed E-state index contributed by atoms with van der Waals surface area (Å²) in [6.07, 6.45) is 2.44. The van der Waals surface area contributed by atoms with Gasteiger partial charge in [-0.1, -0.05) is 34.1 Å². The topological polar surface area (TPSA) is 37.3 Å². The average molecular weight is 174 g/mol. The maximum absolute atomic E-state index is 10.6. The largest absolute Gasteiger partial charge is 0.481 e. The van der Waals surface area contributed by atoms with Gasteiger partial charge < -0.3 is 5.11 Å². The molecule has 1 unspecified atom stereocenters. The second-order valence-corrected chi connectivity index (χ2v) is 2.97. The van der Waals surface area contributed by atoms with Gasteiger partial charge in [0.15, 0.2) is 0 Å². The standard InChI is InChI=1S/C8H16O2.C2H6/c1-4-6-8(3,5-2)7(9)10;1-2/h4-6H2,1-3H3,(H,9,10);1-2H3. The molecule has 1 N–H and O–H groups in total. The van der Waals surface area contributed by atoms with Crippen LogP contribution in [0, 0.1) is 5.41 Å². The molecule has 0 aromatic heterocycles. The van der Waals surface area contributed by atoms with E-state index in [-0.39, 0.29) is 0 Å². The summed E-state index contributed by atoms with van der Waals surface area (Å²) in [5, 5.41) is 8.76. The minimum atomic E-state index is -0.670. The highest BCUT2D eigenvalue weighted by molar-refractivity contribution is 5.73. The lowest BCUT2D eigenvalue weighted by Gasteiger charge is -2.21. The molecule has 0 aliphatic rings. The van der Waals surface area contributed by atoms with Crippen molar-refractivity contribution in [3.05, 3.63) is 0 Å². The summed E-state index contributed by atoms with van der Waals surface area (Å²) in [5.41, 5.74) is -0.491. The van der Waals surface area contributed by atoms with Gasteiger partial charge in [-0.3, -0.25) is 4.79 Å². The number of hydrogen-bond donors (Lipinski definition) is 1. The SMILES string of the molecule is CC.CCCC(C)(CC)C(=O)O. The first-order valence-electron chi connectivity index (χ1n) is 4.80. The molecule has 0 aromatic carbocycles. The minimum Gasteiger partial charge on any atom is -0.481 e. The summed E-state index contributed by atoms with van der Waals surface area (Å²) < 4.78 is 0. The smallest absolute Gasteiger partial charge is 0.309 e. The number of aliphatic carboxylic acids is 1. The number of carboxylic acids is 1. The number of rotatable bonds is 4. The van der Waals surface area contributed by atoms with Gasteiger partial charge in [-0.2, -0.15) is 0 Å². The molecular formula is C10H22O2. The first-order valence-corrected chi connectivity index (χ1v) is 4.80. The molecule has 2 nitrogen and oxygen atoms in total. The molecule has 0 saturated heterocycles. The van der Waals surface area contributed by atoms with E-state index in [2.05, 4.69) is 0 Å². The summed E-state index contributed by atoms with van der Waals surface area (Å²) in [6.45, 7) is 9.74. The first kappa shape index (κ1) is 14.0. The lowest BCUT2D eigenvalue weighted by molar-refractivity contribution is -0.148. The van der Waals surface area contributed by atoms with Crippen LogP contribution in [0.4, 0.5) is 0 Å². The molecule has 0 radical (unpaired) electrons. The van der Waals surface area contributed by atoms with E-state index < -0.39 is 11.4 Å². The van der Waals surface area contributed by atoms with E-state index in [1.54, 1.807) is 6.92 Å². The molecule has 0 aromatic rings. The molecule has 0 spiro atoms. The average Bonchev–Trinajstić information content (AvgIpc) is 2.08. The van der Waals surface area contributed by atoms with Gasteiger partial charge in [-0.05, 0) is 19.8 Å². The Hall–Kier alpha value is -0.530. The van der Waals surface area contributed by atoms with Crippen LogP contribution in [0.25, 0.3) is 0 Å². The molecule has 0 aliphatic heterocycles. The van der Waals surface area contributed by atoms with Crippen LogP contribution in [-0.4, -0.2) is 11.1 Å². The fourth-order valence-corrected chi connectivity index (χ4v) is 0.987. The third-order valence-electron chi connectivity index (χ3n) is 2.10. The van der Waals surface area contributed by atoms with Crippen LogP contribution in [0.5, 0.6) is 0 Å². The van der Waals surface area contributed by atoms with Gasteiger partial charge in [0, 0.05) is 0 Å². The zero-order valence-electron chi connectivity index (χ0n) is 8.98. The molecule has 2 heteroatoms. The molecule has 1 atom stereocenters. The number of carboxylic acid groups (broad SMARTS) is 1. The van der Waals surface area contributed by atoms with Crippen molar-refractivity contribution in [3.8, 4) is 0 Å². The summed E-state index contributed by atoms with van der Waals surface area (Å²) >= 11 is 0. The fraction of sp³-hybridized carbons (Fsp3) is 0.900. The van der Waals surface area contributed by atoms with Gasteiger partial charge in [0.05, 0.1) is 5.41 Å². The summed E-state index contributed by atoms with van der Waals surface area (Å²) in [4.78, 5) is 10.6. The van der Waals surface area contributed by atoms with Crippen molar-refractivity contribution in [2.24, 2.45) is 5.41 Å². The second-order valence-electron chi connectivity index (χ2n) is 2.97. The van der Waals surface area contributed by atoms with Crippen molar-refractivity contribution in [2.75, 3.05) is 0 Å². The van der Waals surface area contributed by atoms with Crippen LogP contribution >= 0.6 is 0 Å². The van der Waals surface area contributed by atoms with Crippen LogP contribution in [0.3, 0.4) is 0 Å². The van der Waals surface area contributed by atoms with Crippen molar-refractivity contribution in [1.82, 2.24) is 0 Å². The van der Waals surface area contributed by atoms with E-state index in [1.165, 1.54) is 0 Å². The van der Waals surface area contributed by atoms with Crippen LogP contribution in [0.2, 0.25) is 0 Å². The number of hydrogen-bond acceptors (Lipinski definition) is 1. The van der Waals surface area contributed by atoms with Gasteiger partial charge in [0.25, 0.3) is 0 Å². The van der Waals surface area contributed by atoms with Crippen molar-refractivity contribution in [2.45, 2.75) is 53.9 Å². The Balaban J connectivity index is 0. The highest BCUT2D eigenvalue weighted by Crippen LogP contribution is 2.26. The predicted octanol–water partition coefficient (Wildman–Crippen LogP) is 3.31. The lowest BCUT2D eigenvalue weighted by atomic mass is 9.83. The van der Waals surface area contributed by atoms with Gasteiger partial charge in [-0.25, -0.2) is 0 Å². The molecule has 0 rings (SSSR count). The van der Waals surface area contributed by atoms with Gasteiger partial charge in [0.1, 0.15) is 0 Å². The lowest BCUT2D eigenvalue weighted by Crippen LogP contribution is -2.26. The molecule has 74 valence electrons. The zero-order chi connectivity index (χ0) is 10.2. The van der Waals surface area contributed by atoms with Gasteiger partial charge in [-0.15, -0.1) is 0 Å². The maximum Gasteiger partial charge on any atom is 0.309 e. The van der Waals surface area contributed by atoms with E-state index in [4.69, 9.17) is 5.11 Å². The highest BCUT2D eigenvalue weighted by Gasteiger charge is 2.29. The Morgan fingerprint density at radius 3 is 1.83 bits per heavy atom. The monoisotopic (exact) mass is 174 g/mol. The molecule has 0 bridgehead atoms. The Morgan fingerprint density at radius 2 is 1.75 bits per heavy atom. The summed E-state index contributed by atoms with van der Waals surface area (Å²) in [6, 6.07) is 0. The van der Waals surface area contributed by atoms with Crippen molar-refractivity contribution in [1.29, 1.82) is 0 Å². The van der Waals surface area contributed by atoms with Crippen LogP contribution in [0.1, 0.15) is 53.9 Å². The van der Waals surface area contributed by atoms with E-state index in [0.717, 1.165) is 19.3 Å². The Bertz CT molecular complexity index is 121. The van der Waals surface area contributed by atoms with Crippen molar-refractivity contribution in [3.63, 3.8) is 0 Å². The second kappa shape index (κ2) is 7.14. The molecule has 12 heavy (non-hydrogen) atoms. The molecular weight excluding hydrogens is 152 g/mol. The summed E-state index contributed by atoms with van der Waals surface area (Å²) in [5.74, 6) is -0.670.